The molecule has 1 fully saturated rings. The lowest BCUT2D eigenvalue weighted by Crippen LogP contribution is -2.26. The maximum absolute atomic E-state index is 13.0. The average Bonchev–Trinajstić information content (AvgIpc) is 3.07. The van der Waals surface area contributed by atoms with E-state index in [1.165, 1.54) is 21.8 Å². The number of amides is 1. The molecule has 2 aliphatic rings. The molecule has 1 aromatic heterocycles. The summed E-state index contributed by atoms with van der Waals surface area (Å²) < 4.78 is 5.10. The number of benzene rings is 1. The number of carbonyl (C=O) groups is 2. The van der Waals surface area contributed by atoms with E-state index in [1.807, 2.05) is 19.9 Å². The number of fused-ring (bicyclic) bond motifs is 1. The molecule has 1 N–H and O–H groups in total. The van der Waals surface area contributed by atoms with Crippen molar-refractivity contribution in [1.82, 2.24) is 0 Å². The Bertz CT molecular complexity index is 972. The molecule has 0 spiro atoms. The lowest BCUT2D eigenvalue weighted by molar-refractivity contribution is -0.120. The fourth-order valence-electron chi connectivity index (χ4n) is 4.05. The van der Waals surface area contributed by atoms with Crippen LogP contribution < -0.4 is 5.32 Å². The van der Waals surface area contributed by atoms with E-state index in [0.29, 0.717) is 29.5 Å². The maximum Gasteiger partial charge on any atom is 0.341 e. The zero-order valence-electron chi connectivity index (χ0n) is 17.1. The van der Waals surface area contributed by atoms with E-state index in [2.05, 4.69) is 61.4 Å². The normalized spacial score (nSPS) is 24.1. The first-order valence-electron chi connectivity index (χ1n) is 10.3. The van der Waals surface area contributed by atoms with Crippen molar-refractivity contribution in [3.8, 4) is 0 Å². The smallest absolute Gasteiger partial charge is 0.341 e. The summed E-state index contributed by atoms with van der Waals surface area (Å²) in [5, 5.41) is 3.68. The molecular formula is C23H25Br2NO3S. The minimum absolute atomic E-state index is 0.0843. The van der Waals surface area contributed by atoms with Gasteiger partial charge in [0.15, 0.2) is 0 Å². The van der Waals surface area contributed by atoms with Crippen molar-refractivity contribution in [3.63, 3.8) is 0 Å². The molecular weight excluding hydrogens is 530 g/mol. The van der Waals surface area contributed by atoms with Gasteiger partial charge in [-0.2, -0.15) is 0 Å². The first kappa shape index (κ1) is 22.0. The van der Waals surface area contributed by atoms with Crippen molar-refractivity contribution in [2.45, 2.75) is 55.1 Å². The van der Waals surface area contributed by atoms with Gasteiger partial charge in [-0.1, -0.05) is 69.1 Å². The van der Waals surface area contributed by atoms with Crippen LogP contribution in [0.2, 0.25) is 0 Å². The van der Waals surface area contributed by atoms with Crippen LogP contribution in [0.3, 0.4) is 0 Å². The Hall–Kier alpha value is -1.18. The van der Waals surface area contributed by atoms with E-state index in [-0.39, 0.29) is 15.1 Å². The molecule has 1 heterocycles. The summed E-state index contributed by atoms with van der Waals surface area (Å²) in [6.45, 7) is 4.27. The fraction of sp³-hybridized carbons (Fsp3) is 0.478. The lowest BCUT2D eigenvalue weighted by atomic mass is 9.83. The lowest BCUT2D eigenvalue weighted by Gasteiger charge is -2.23. The largest absolute Gasteiger partial charge is 0.462 e. The van der Waals surface area contributed by atoms with Gasteiger partial charge >= 0.3 is 5.97 Å². The summed E-state index contributed by atoms with van der Waals surface area (Å²) >= 11 is 8.66. The number of rotatable bonds is 6. The summed E-state index contributed by atoms with van der Waals surface area (Å²) in [5.74, 6) is 0.0193. The molecule has 4 nitrogen and oxygen atoms in total. The van der Waals surface area contributed by atoms with Gasteiger partial charge in [0.25, 0.3) is 0 Å². The zero-order valence-corrected chi connectivity index (χ0v) is 21.1. The third-order valence-electron chi connectivity index (χ3n) is 6.16. The van der Waals surface area contributed by atoms with E-state index in [1.54, 1.807) is 0 Å². The molecule has 0 saturated heterocycles. The number of halogens is 2. The molecule has 1 saturated carbocycles. The highest BCUT2D eigenvalue weighted by atomic mass is 79.9. The van der Waals surface area contributed by atoms with E-state index >= 15 is 0 Å². The number of thiophene rings is 1. The molecule has 4 rings (SSSR count). The van der Waals surface area contributed by atoms with Crippen LogP contribution in [0.5, 0.6) is 0 Å². The highest BCUT2D eigenvalue weighted by Gasteiger charge is 2.66. The minimum Gasteiger partial charge on any atom is -0.462 e. The zero-order chi connectivity index (χ0) is 21.5. The van der Waals surface area contributed by atoms with Crippen molar-refractivity contribution in [2.24, 2.45) is 5.41 Å². The second-order valence-electron chi connectivity index (χ2n) is 8.36. The van der Waals surface area contributed by atoms with Crippen LogP contribution >= 0.6 is 43.2 Å². The number of carbonyl (C=O) groups excluding carboxylic acids is 2. The van der Waals surface area contributed by atoms with Gasteiger partial charge in [0.1, 0.15) is 5.00 Å². The Morgan fingerprint density at radius 2 is 1.97 bits per heavy atom. The van der Waals surface area contributed by atoms with Gasteiger partial charge in [-0.3, -0.25) is 4.79 Å². The molecule has 2 aromatic rings. The summed E-state index contributed by atoms with van der Waals surface area (Å²) in [5.41, 5.74) is 2.39. The fourth-order valence-corrected chi connectivity index (χ4v) is 6.85. The Morgan fingerprint density at radius 1 is 1.27 bits per heavy atom. The summed E-state index contributed by atoms with van der Waals surface area (Å²) in [4.78, 5) is 27.1. The van der Waals surface area contributed by atoms with Gasteiger partial charge in [-0.15, -0.1) is 11.3 Å². The van der Waals surface area contributed by atoms with E-state index in [0.717, 1.165) is 31.2 Å². The molecule has 7 heteroatoms. The molecule has 1 amide bonds. The van der Waals surface area contributed by atoms with Crippen molar-refractivity contribution < 1.29 is 14.3 Å². The van der Waals surface area contributed by atoms with Crippen molar-refractivity contribution in [2.75, 3.05) is 11.9 Å². The second-order valence-corrected chi connectivity index (χ2v) is 13.2. The Kier molecular flexibility index (Phi) is 6.17. The van der Waals surface area contributed by atoms with Crippen LogP contribution in [0.15, 0.2) is 30.3 Å². The summed E-state index contributed by atoms with van der Waals surface area (Å²) in [7, 11) is 0. The predicted molar refractivity (Wildman–Crippen MR) is 128 cm³/mol. The number of anilines is 1. The molecule has 160 valence electrons. The van der Waals surface area contributed by atoms with Crippen LogP contribution in [0.25, 0.3) is 0 Å². The first-order chi connectivity index (χ1) is 14.3. The van der Waals surface area contributed by atoms with Crippen molar-refractivity contribution in [3.05, 3.63) is 51.9 Å². The molecule has 2 atom stereocenters. The maximum atomic E-state index is 13.0. The van der Waals surface area contributed by atoms with E-state index < -0.39 is 5.41 Å². The SMILES string of the molecule is CCCOC(=O)c1c(NC(=O)[C@]2(C)CC2(Br)Br)sc2c1CC[C@@H](c1ccccc1)C2. The van der Waals surface area contributed by atoms with Crippen LogP contribution in [0.1, 0.15) is 65.4 Å². The molecule has 0 unspecified atom stereocenters. The molecule has 30 heavy (non-hydrogen) atoms. The number of alkyl halides is 2. The third-order valence-corrected chi connectivity index (χ3v) is 9.64. The van der Waals surface area contributed by atoms with Crippen molar-refractivity contribution in [1.29, 1.82) is 0 Å². The number of ether oxygens (including phenoxy) is 1. The third kappa shape index (κ3) is 4.00. The van der Waals surface area contributed by atoms with Crippen LogP contribution in [0, 0.1) is 5.41 Å². The first-order valence-corrected chi connectivity index (χ1v) is 12.7. The Labute approximate surface area is 198 Å². The average molecular weight is 555 g/mol. The predicted octanol–water partition coefficient (Wildman–Crippen LogP) is 6.42. The number of nitrogens with one attached hydrogen (secondary N) is 1. The van der Waals surface area contributed by atoms with Gasteiger partial charge in [0.05, 0.1) is 20.8 Å². The highest BCUT2D eigenvalue weighted by Crippen LogP contribution is 2.66. The summed E-state index contributed by atoms with van der Waals surface area (Å²) in [6.07, 6.45) is 4.15. The minimum atomic E-state index is -0.547. The van der Waals surface area contributed by atoms with E-state index in [4.69, 9.17) is 4.74 Å². The number of hydrogen-bond donors (Lipinski definition) is 1. The van der Waals surface area contributed by atoms with E-state index in [9.17, 15) is 9.59 Å². The topological polar surface area (TPSA) is 55.4 Å². The van der Waals surface area contributed by atoms with Crippen LogP contribution in [-0.4, -0.2) is 21.7 Å². The Morgan fingerprint density at radius 3 is 2.60 bits per heavy atom. The summed E-state index contributed by atoms with van der Waals surface area (Å²) in [6, 6.07) is 10.5. The quantitative estimate of drug-likeness (QED) is 0.331. The molecule has 2 aliphatic carbocycles. The van der Waals surface area contributed by atoms with Gasteiger partial charge < -0.3 is 10.1 Å². The van der Waals surface area contributed by atoms with Crippen molar-refractivity contribution >= 4 is 60.1 Å². The number of hydrogen-bond acceptors (Lipinski definition) is 4. The monoisotopic (exact) mass is 553 g/mol. The second kappa shape index (κ2) is 8.40. The van der Waals surface area contributed by atoms with Crippen LogP contribution in [0.4, 0.5) is 5.00 Å². The molecule has 1 aromatic carbocycles. The van der Waals surface area contributed by atoms with Gasteiger partial charge in [-0.05, 0) is 56.1 Å². The standard InChI is InChI=1S/C23H25Br2NO3S/c1-3-11-29-20(27)18-16-10-9-15(14-7-5-4-6-8-14)12-17(16)30-19(18)26-21(28)22(2)13-23(22,24)25/h4-8,15H,3,9-13H2,1-2H3,(H,26,28)/t15-,22+/m1/s1. The van der Waals surface area contributed by atoms with Gasteiger partial charge in [-0.25, -0.2) is 4.79 Å². The Balaban J connectivity index is 1.63. The number of esters is 1. The highest BCUT2D eigenvalue weighted by molar-refractivity contribution is 9.25. The molecule has 0 radical (unpaired) electrons. The van der Waals surface area contributed by atoms with Gasteiger partial charge in [0, 0.05) is 4.88 Å². The van der Waals surface area contributed by atoms with Crippen LogP contribution in [-0.2, 0) is 22.4 Å². The molecule has 0 bridgehead atoms. The van der Waals surface area contributed by atoms with Gasteiger partial charge in [0.2, 0.25) is 5.91 Å². The molecule has 0 aliphatic heterocycles.